The van der Waals surface area contributed by atoms with Crippen molar-refractivity contribution < 1.29 is 28.6 Å². The average molecular weight is 795 g/mol. The predicted molar refractivity (Wildman–Crippen MR) is 242 cm³/mol. The maximum absolute atomic E-state index is 12.7. The first-order valence-electron chi connectivity index (χ1n) is 23.4. The highest BCUT2D eigenvalue weighted by molar-refractivity contribution is 5.71. The summed E-state index contributed by atoms with van der Waals surface area (Å²) in [5, 5.41) is 0. The number of carbonyl (C=O) groups is 3. The molecule has 0 fully saturated rings. The Balaban J connectivity index is 4.47. The normalized spacial score (nSPS) is 12.7. The van der Waals surface area contributed by atoms with Gasteiger partial charge in [-0.15, -0.1) is 0 Å². The predicted octanol–water partition coefficient (Wildman–Crippen LogP) is 15.1. The lowest BCUT2D eigenvalue weighted by Gasteiger charge is -2.18. The van der Waals surface area contributed by atoms with Gasteiger partial charge in [-0.1, -0.05) is 184 Å². The van der Waals surface area contributed by atoms with Crippen molar-refractivity contribution in [1.82, 2.24) is 0 Å². The fourth-order valence-corrected chi connectivity index (χ4v) is 6.15. The van der Waals surface area contributed by atoms with Gasteiger partial charge < -0.3 is 14.2 Å². The van der Waals surface area contributed by atoms with Crippen molar-refractivity contribution in [2.75, 3.05) is 13.2 Å². The Hall–Kier alpha value is -3.15. The third-order valence-electron chi connectivity index (χ3n) is 9.70. The van der Waals surface area contributed by atoms with Crippen LogP contribution < -0.4 is 0 Å². The molecule has 0 radical (unpaired) electrons. The number of hydrogen-bond acceptors (Lipinski definition) is 6. The molecular weight excluding hydrogens is 709 g/mol. The molecule has 0 rings (SSSR count). The molecule has 0 saturated carbocycles. The molecular formula is C51H86O6. The topological polar surface area (TPSA) is 78.9 Å². The van der Waals surface area contributed by atoms with Crippen LogP contribution in [0.5, 0.6) is 0 Å². The van der Waals surface area contributed by atoms with E-state index in [0.29, 0.717) is 19.3 Å². The highest BCUT2D eigenvalue weighted by atomic mass is 16.6. The quantitative estimate of drug-likeness (QED) is 0.0265. The Kier molecular flexibility index (Phi) is 43.0. The van der Waals surface area contributed by atoms with Gasteiger partial charge in [-0.3, -0.25) is 14.4 Å². The molecule has 0 aromatic carbocycles. The molecule has 0 aliphatic heterocycles. The highest BCUT2D eigenvalue weighted by Crippen LogP contribution is 2.13. The molecule has 6 nitrogen and oxygen atoms in total. The van der Waals surface area contributed by atoms with Crippen molar-refractivity contribution in [3.05, 3.63) is 72.9 Å². The van der Waals surface area contributed by atoms with Gasteiger partial charge in [0, 0.05) is 19.3 Å². The van der Waals surface area contributed by atoms with Gasteiger partial charge in [0.25, 0.3) is 0 Å². The maximum atomic E-state index is 12.7. The monoisotopic (exact) mass is 795 g/mol. The van der Waals surface area contributed by atoms with Crippen molar-refractivity contribution in [3.63, 3.8) is 0 Å². The molecule has 57 heavy (non-hydrogen) atoms. The SMILES string of the molecule is CC/C=C\C/C=C\C/C=C\C/C=C\CCCCC(=O)OCC(COC(=O)CCCCCCCCCCCC)OC(=O)CCCCCCC/C=C\C/C=C\CCCC. The van der Waals surface area contributed by atoms with Crippen LogP contribution in [-0.2, 0) is 28.6 Å². The molecule has 326 valence electrons. The van der Waals surface area contributed by atoms with Gasteiger partial charge in [0.15, 0.2) is 6.10 Å². The molecule has 0 aliphatic carbocycles. The molecule has 0 heterocycles. The third-order valence-corrected chi connectivity index (χ3v) is 9.70. The van der Waals surface area contributed by atoms with Crippen molar-refractivity contribution in [2.45, 2.75) is 219 Å². The van der Waals surface area contributed by atoms with Crippen LogP contribution in [0.25, 0.3) is 0 Å². The first-order chi connectivity index (χ1) is 28.0. The van der Waals surface area contributed by atoms with Crippen LogP contribution in [-0.4, -0.2) is 37.2 Å². The summed E-state index contributed by atoms with van der Waals surface area (Å²) in [6.45, 7) is 6.41. The van der Waals surface area contributed by atoms with Crippen molar-refractivity contribution >= 4 is 17.9 Å². The summed E-state index contributed by atoms with van der Waals surface area (Å²) in [6.07, 6.45) is 56.0. The van der Waals surface area contributed by atoms with Gasteiger partial charge in [0.1, 0.15) is 13.2 Å². The number of carbonyl (C=O) groups excluding carboxylic acids is 3. The number of allylic oxidation sites excluding steroid dienone is 12. The molecule has 0 bridgehead atoms. The maximum Gasteiger partial charge on any atom is 0.306 e. The van der Waals surface area contributed by atoms with E-state index in [9.17, 15) is 14.4 Å². The van der Waals surface area contributed by atoms with Crippen LogP contribution in [0.15, 0.2) is 72.9 Å². The van der Waals surface area contributed by atoms with E-state index < -0.39 is 6.10 Å². The first-order valence-corrected chi connectivity index (χ1v) is 23.4. The number of esters is 3. The second-order valence-electron chi connectivity index (χ2n) is 15.3. The zero-order valence-corrected chi connectivity index (χ0v) is 37.1. The lowest BCUT2D eigenvalue weighted by molar-refractivity contribution is -0.167. The Morgan fingerprint density at radius 3 is 1.16 bits per heavy atom. The van der Waals surface area contributed by atoms with Gasteiger partial charge in [-0.05, 0) is 83.5 Å². The minimum Gasteiger partial charge on any atom is -0.462 e. The Morgan fingerprint density at radius 1 is 0.368 bits per heavy atom. The fraction of sp³-hybridized carbons (Fsp3) is 0.706. The van der Waals surface area contributed by atoms with Crippen LogP contribution >= 0.6 is 0 Å². The van der Waals surface area contributed by atoms with E-state index in [1.54, 1.807) is 0 Å². The van der Waals surface area contributed by atoms with Crippen LogP contribution in [0.1, 0.15) is 213 Å². The van der Waals surface area contributed by atoms with Crippen LogP contribution in [0, 0.1) is 0 Å². The zero-order chi connectivity index (χ0) is 41.5. The fourth-order valence-electron chi connectivity index (χ4n) is 6.15. The second-order valence-corrected chi connectivity index (χ2v) is 15.3. The molecule has 1 unspecified atom stereocenters. The average Bonchev–Trinajstić information content (AvgIpc) is 3.21. The summed E-state index contributed by atoms with van der Waals surface area (Å²) in [5.41, 5.74) is 0. The molecule has 0 aromatic rings. The van der Waals surface area contributed by atoms with E-state index in [-0.39, 0.29) is 31.1 Å². The minimum atomic E-state index is -0.796. The molecule has 0 aliphatic rings. The Morgan fingerprint density at radius 2 is 0.702 bits per heavy atom. The largest absolute Gasteiger partial charge is 0.462 e. The Bertz CT molecular complexity index is 1100. The van der Waals surface area contributed by atoms with Crippen molar-refractivity contribution in [1.29, 1.82) is 0 Å². The van der Waals surface area contributed by atoms with Crippen LogP contribution in [0.2, 0.25) is 0 Å². The smallest absolute Gasteiger partial charge is 0.306 e. The summed E-state index contributed by atoms with van der Waals surface area (Å²) >= 11 is 0. The summed E-state index contributed by atoms with van der Waals surface area (Å²) < 4.78 is 16.7. The lowest BCUT2D eigenvalue weighted by Crippen LogP contribution is -2.30. The van der Waals surface area contributed by atoms with Gasteiger partial charge in [-0.2, -0.15) is 0 Å². The minimum absolute atomic E-state index is 0.0938. The molecule has 1 atom stereocenters. The third kappa shape index (κ3) is 43.8. The summed E-state index contributed by atoms with van der Waals surface area (Å²) in [4.78, 5) is 37.8. The second kappa shape index (κ2) is 45.6. The van der Waals surface area contributed by atoms with E-state index in [2.05, 4.69) is 93.7 Å². The number of ether oxygens (including phenoxy) is 3. The molecule has 0 aromatic heterocycles. The molecule has 0 amide bonds. The van der Waals surface area contributed by atoms with Crippen LogP contribution in [0.3, 0.4) is 0 Å². The van der Waals surface area contributed by atoms with Gasteiger partial charge in [0.05, 0.1) is 0 Å². The van der Waals surface area contributed by atoms with E-state index in [1.165, 1.54) is 64.2 Å². The molecule has 6 heteroatoms. The lowest BCUT2D eigenvalue weighted by atomic mass is 10.1. The Labute approximate surface area is 351 Å². The van der Waals surface area contributed by atoms with Crippen molar-refractivity contribution in [2.24, 2.45) is 0 Å². The summed E-state index contributed by atoms with van der Waals surface area (Å²) in [7, 11) is 0. The van der Waals surface area contributed by atoms with Gasteiger partial charge in [-0.25, -0.2) is 0 Å². The molecule has 0 saturated heterocycles. The zero-order valence-electron chi connectivity index (χ0n) is 37.1. The number of unbranched alkanes of at least 4 members (excludes halogenated alkanes) is 18. The van der Waals surface area contributed by atoms with E-state index >= 15 is 0 Å². The van der Waals surface area contributed by atoms with E-state index in [4.69, 9.17) is 14.2 Å². The standard InChI is InChI=1S/C51H86O6/c1-4-7-10-13-16-19-22-24-26-28-29-32-35-38-41-44-50(53)56-47-48(46-55-49(52)43-40-37-34-31-21-18-15-12-9-6-3)57-51(54)45-42-39-36-33-30-27-25-23-20-17-14-11-8-5-2/h7,10,14,16-17,19,23-26,29,32,48H,4-6,8-9,11-13,15,18,20-22,27-28,30-31,33-47H2,1-3H3/b10-7-,17-14-,19-16-,25-23-,26-24-,32-29-. The first kappa shape index (κ1) is 53.9. The highest BCUT2D eigenvalue weighted by Gasteiger charge is 2.19. The molecule has 0 spiro atoms. The van der Waals surface area contributed by atoms with E-state index in [0.717, 1.165) is 109 Å². The molecule has 0 N–H and O–H groups in total. The number of rotatable bonds is 41. The van der Waals surface area contributed by atoms with Gasteiger partial charge >= 0.3 is 17.9 Å². The van der Waals surface area contributed by atoms with Crippen LogP contribution in [0.4, 0.5) is 0 Å². The van der Waals surface area contributed by atoms with Gasteiger partial charge in [0.2, 0.25) is 0 Å². The number of hydrogen-bond donors (Lipinski definition) is 0. The summed E-state index contributed by atoms with van der Waals surface area (Å²) in [5.74, 6) is -0.957. The van der Waals surface area contributed by atoms with Crippen molar-refractivity contribution in [3.8, 4) is 0 Å². The summed E-state index contributed by atoms with van der Waals surface area (Å²) in [6, 6.07) is 0. The van der Waals surface area contributed by atoms with E-state index in [1.807, 2.05) is 0 Å².